The molecule has 0 aliphatic carbocycles. The average Bonchev–Trinajstić information content (AvgIpc) is 1.77. The Kier molecular flexibility index (Phi) is 7.67. The molecule has 0 atom stereocenters. The molecule has 0 radical (unpaired) electrons. The molecule has 1 aromatic heterocycles. The molecule has 0 unspecified atom stereocenters. The summed E-state index contributed by atoms with van der Waals surface area (Å²) in [5.74, 6) is 0. The zero-order chi connectivity index (χ0) is 5.98. The molecule has 1 nitrogen and oxygen atoms in total. The van der Waals surface area contributed by atoms with Crippen molar-refractivity contribution in [3.8, 4) is 0 Å². The zero-order valence-electron chi connectivity index (χ0n) is 5.38. The van der Waals surface area contributed by atoms with Gasteiger partial charge in [0.2, 0.25) is 0 Å². The van der Waals surface area contributed by atoms with Gasteiger partial charge in [-0.3, -0.25) is 0 Å². The van der Waals surface area contributed by atoms with Crippen molar-refractivity contribution in [2.24, 2.45) is 0 Å². The van der Waals surface area contributed by atoms with Crippen molar-refractivity contribution in [2.45, 2.75) is 0 Å². The molecule has 4 heteroatoms. The second-order valence-electron chi connectivity index (χ2n) is 1.49. The minimum absolute atomic E-state index is 0. The first-order valence-electron chi connectivity index (χ1n) is 2.22. The van der Waals surface area contributed by atoms with Crippen LogP contribution in [-0.2, 0) is 19.5 Å². The Bertz CT molecular complexity index is 155. The van der Waals surface area contributed by atoms with Crippen molar-refractivity contribution in [3.05, 3.63) is 36.0 Å². The van der Waals surface area contributed by atoms with Crippen molar-refractivity contribution in [3.63, 3.8) is 0 Å². The van der Waals surface area contributed by atoms with Crippen LogP contribution in [0.5, 0.6) is 0 Å². The molecule has 0 aliphatic rings. The Morgan fingerprint density at radius 3 is 2.30 bits per heavy atom. The Hall–Kier alpha value is 0.223. The standard InChI is InChI=1S/C6H5ClN.ClH.Zn/c1-5-2-3-6(7)8-4-5;;/h2-4H,1H2;1H;/q-1;;. The van der Waals surface area contributed by atoms with E-state index in [1.54, 1.807) is 12.3 Å². The van der Waals surface area contributed by atoms with Crippen LogP contribution in [0.2, 0.25) is 5.15 Å². The van der Waals surface area contributed by atoms with Crippen LogP contribution in [0.4, 0.5) is 0 Å². The summed E-state index contributed by atoms with van der Waals surface area (Å²) >= 11 is 5.47. The fourth-order valence-electron chi connectivity index (χ4n) is 0.406. The summed E-state index contributed by atoms with van der Waals surface area (Å²) < 4.78 is 0. The Balaban J connectivity index is 0. The first-order valence-corrected chi connectivity index (χ1v) is 2.60. The van der Waals surface area contributed by atoms with Crippen molar-refractivity contribution in [1.82, 2.24) is 4.98 Å². The van der Waals surface area contributed by atoms with E-state index >= 15 is 0 Å². The molecule has 0 saturated carbocycles. The largest absolute Gasteiger partial charge is 0.311 e. The minimum atomic E-state index is 0. The van der Waals surface area contributed by atoms with Crippen LogP contribution in [0.1, 0.15) is 5.56 Å². The molecule has 10 heavy (non-hydrogen) atoms. The number of rotatable bonds is 0. The number of hydrogen-bond acceptors (Lipinski definition) is 1. The summed E-state index contributed by atoms with van der Waals surface area (Å²) in [6.07, 6.45) is 1.63. The van der Waals surface area contributed by atoms with Crippen molar-refractivity contribution in [1.29, 1.82) is 0 Å². The number of hydrogen-bond donors (Lipinski definition) is 0. The second-order valence-corrected chi connectivity index (χ2v) is 1.88. The van der Waals surface area contributed by atoms with E-state index in [0.717, 1.165) is 5.56 Å². The van der Waals surface area contributed by atoms with Gasteiger partial charge in [0.25, 0.3) is 0 Å². The molecule has 0 saturated heterocycles. The van der Waals surface area contributed by atoms with E-state index in [1.165, 1.54) is 0 Å². The van der Waals surface area contributed by atoms with Gasteiger partial charge >= 0.3 is 0 Å². The normalized spacial score (nSPS) is 7.30. The van der Waals surface area contributed by atoms with Crippen LogP contribution in [0, 0.1) is 6.92 Å². The smallest absolute Gasteiger partial charge is 0.103 e. The van der Waals surface area contributed by atoms with Crippen LogP contribution in [0.3, 0.4) is 0 Å². The topological polar surface area (TPSA) is 12.9 Å². The summed E-state index contributed by atoms with van der Waals surface area (Å²) in [6, 6.07) is 3.53. The van der Waals surface area contributed by atoms with E-state index < -0.39 is 0 Å². The fraction of sp³-hybridized carbons (Fsp3) is 0. The van der Waals surface area contributed by atoms with E-state index in [9.17, 15) is 0 Å². The molecule has 1 aromatic rings. The Labute approximate surface area is 84.4 Å². The van der Waals surface area contributed by atoms with Crippen LogP contribution in [-0.4, -0.2) is 4.98 Å². The third kappa shape index (κ3) is 4.11. The monoisotopic (exact) mass is 226 g/mol. The predicted octanol–water partition coefficient (Wildman–Crippen LogP) is 2.34. The van der Waals surface area contributed by atoms with E-state index in [1.807, 2.05) is 6.07 Å². The van der Waals surface area contributed by atoms with Crippen LogP contribution in [0.25, 0.3) is 0 Å². The molecule has 0 fully saturated rings. The average molecular weight is 228 g/mol. The summed E-state index contributed by atoms with van der Waals surface area (Å²) in [5, 5.41) is 0.511. The minimum Gasteiger partial charge on any atom is -0.311 e. The summed E-state index contributed by atoms with van der Waals surface area (Å²) in [4.78, 5) is 3.78. The summed E-state index contributed by atoms with van der Waals surface area (Å²) in [5.41, 5.74) is 0.884. The van der Waals surface area contributed by atoms with Gasteiger partial charge in [-0.1, -0.05) is 23.9 Å². The molecular formula is C6H6Cl2NZn-. The first-order chi connectivity index (χ1) is 3.79. The molecule has 0 bridgehead atoms. The number of aromatic nitrogens is 1. The first kappa shape index (κ1) is 12.9. The third-order valence-electron chi connectivity index (χ3n) is 0.789. The number of nitrogens with zero attached hydrogens (tertiary/aromatic N) is 1. The quantitative estimate of drug-likeness (QED) is 0.377. The molecule has 1 heterocycles. The van der Waals surface area contributed by atoms with Gasteiger partial charge in [-0.25, -0.2) is 0 Å². The molecule has 0 N–H and O–H groups in total. The maximum atomic E-state index is 5.47. The third-order valence-corrected chi connectivity index (χ3v) is 1.01. The molecule has 52 valence electrons. The van der Waals surface area contributed by atoms with E-state index in [0.29, 0.717) is 5.15 Å². The van der Waals surface area contributed by atoms with Gasteiger partial charge in [0.15, 0.2) is 0 Å². The Morgan fingerprint density at radius 1 is 1.40 bits per heavy atom. The van der Waals surface area contributed by atoms with Crippen LogP contribution in [0.15, 0.2) is 18.3 Å². The van der Waals surface area contributed by atoms with Crippen LogP contribution >= 0.6 is 24.0 Å². The van der Waals surface area contributed by atoms with E-state index in [2.05, 4.69) is 11.9 Å². The van der Waals surface area contributed by atoms with Gasteiger partial charge in [-0.15, -0.1) is 12.4 Å². The van der Waals surface area contributed by atoms with Crippen molar-refractivity contribution < 1.29 is 19.5 Å². The summed E-state index contributed by atoms with van der Waals surface area (Å²) in [6.45, 7) is 3.64. The second kappa shape index (κ2) is 5.97. The molecule has 1 rings (SSSR count). The van der Waals surface area contributed by atoms with Gasteiger partial charge in [0.05, 0.1) is 0 Å². The molecule has 0 aromatic carbocycles. The van der Waals surface area contributed by atoms with Gasteiger partial charge in [-0.2, -0.15) is 18.6 Å². The molecule has 0 aliphatic heterocycles. The van der Waals surface area contributed by atoms with Crippen LogP contribution < -0.4 is 0 Å². The zero-order valence-corrected chi connectivity index (χ0v) is 9.92. The molecular weight excluding hydrogens is 222 g/mol. The molecule has 0 spiro atoms. The SMILES string of the molecule is Cl.[CH2-]c1ccc(Cl)nc1.[Zn]. The van der Waals surface area contributed by atoms with Crippen molar-refractivity contribution >= 4 is 24.0 Å². The van der Waals surface area contributed by atoms with Gasteiger partial charge < -0.3 is 4.98 Å². The van der Waals surface area contributed by atoms with Gasteiger partial charge in [-0.05, 0) is 0 Å². The maximum absolute atomic E-state index is 5.47. The predicted molar refractivity (Wildman–Crippen MR) is 41.0 cm³/mol. The Morgan fingerprint density at radius 2 is 2.00 bits per heavy atom. The van der Waals surface area contributed by atoms with Gasteiger partial charge in [0, 0.05) is 19.5 Å². The number of pyridine rings is 1. The van der Waals surface area contributed by atoms with Gasteiger partial charge in [0.1, 0.15) is 5.15 Å². The fourth-order valence-corrected chi connectivity index (χ4v) is 0.518. The van der Waals surface area contributed by atoms with Crippen molar-refractivity contribution in [2.75, 3.05) is 0 Å². The molecule has 0 amide bonds. The van der Waals surface area contributed by atoms with E-state index in [4.69, 9.17) is 11.6 Å². The summed E-state index contributed by atoms with van der Waals surface area (Å²) in [7, 11) is 0. The maximum Gasteiger partial charge on any atom is 0.103 e. The van der Waals surface area contributed by atoms with E-state index in [-0.39, 0.29) is 31.9 Å². The number of halogens is 2.